The third-order valence-electron chi connectivity index (χ3n) is 5.85. The molecule has 5 nitrogen and oxygen atoms in total. The molecule has 29 heavy (non-hydrogen) atoms. The number of aromatic nitrogens is 1. The molecule has 0 amide bonds. The van der Waals surface area contributed by atoms with Crippen molar-refractivity contribution in [2.24, 2.45) is 0 Å². The molecular weight excluding hydrogens is 362 g/mol. The zero-order valence-electron chi connectivity index (χ0n) is 16.7. The van der Waals surface area contributed by atoms with Gasteiger partial charge in [-0.05, 0) is 49.2 Å². The number of benzene rings is 3. The number of para-hydroxylation sites is 2. The largest absolute Gasteiger partial charge is 0.452 e. The van der Waals surface area contributed by atoms with Crippen LogP contribution < -0.4 is 15.6 Å². The molecule has 0 radical (unpaired) electrons. The Balaban J connectivity index is 1.76. The Bertz CT molecular complexity index is 1240. The fourth-order valence-electron chi connectivity index (χ4n) is 4.07. The number of nitrogens with zero attached hydrogens (tertiary/aromatic N) is 2. The quantitative estimate of drug-likeness (QED) is 0.529. The summed E-state index contributed by atoms with van der Waals surface area (Å²) in [6.07, 6.45) is 0. The standard InChI is InChI=1S/C24H23N3O2/c1-15-16(2)23(28)21(24-22(15)26-19-8-3-4-9-20(19)29-24)17-6-5-7-18(14-17)27-12-10-25-11-13-27/h3-9,14,25H,10-13H2,1-2H3. The average Bonchev–Trinajstić information content (AvgIpc) is 2.78. The maximum Gasteiger partial charge on any atom is 0.193 e. The summed E-state index contributed by atoms with van der Waals surface area (Å²) in [6, 6.07) is 15.9. The maximum absolute atomic E-state index is 13.3. The fourth-order valence-corrected chi connectivity index (χ4v) is 4.07. The topological polar surface area (TPSA) is 58.4 Å². The van der Waals surface area contributed by atoms with Gasteiger partial charge in [-0.15, -0.1) is 0 Å². The minimum atomic E-state index is 0.00768. The van der Waals surface area contributed by atoms with E-state index in [1.165, 1.54) is 0 Å². The molecule has 1 N–H and O–H groups in total. The smallest absolute Gasteiger partial charge is 0.193 e. The van der Waals surface area contributed by atoms with Crippen LogP contribution in [0.3, 0.4) is 0 Å². The molecule has 5 heteroatoms. The van der Waals surface area contributed by atoms with Crippen molar-refractivity contribution < 1.29 is 4.42 Å². The summed E-state index contributed by atoms with van der Waals surface area (Å²) in [7, 11) is 0. The number of hydrogen-bond donors (Lipinski definition) is 1. The van der Waals surface area contributed by atoms with E-state index in [-0.39, 0.29) is 5.43 Å². The lowest BCUT2D eigenvalue weighted by Crippen LogP contribution is -2.43. The van der Waals surface area contributed by atoms with Crippen LogP contribution in [-0.4, -0.2) is 31.2 Å². The fraction of sp³-hybridized carbons (Fsp3) is 0.250. The summed E-state index contributed by atoms with van der Waals surface area (Å²) in [6.45, 7) is 7.66. The van der Waals surface area contributed by atoms with Crippen LogP contribution in [-0.2, 0) is 0 Å². The highest BCUT2D eigenvalue weighted by molar-refractivity contribution is 5.87. The van der Waals surface area contributed by atoms with Crippen LogP contribution in [0.4, 0.5) is 5.69 Å². The maximum atomic E-state index is 13.3. The number of anilines is 1. The number of nitrogens with one attached hydrogen (secondary N) is 1. The van der Waals surface area contributed by atoms with Gasteiger partial charge in [-0.25, -0.2) is 4.98 Å². The van der Waals surface area contributed by atoms with Gasteiger partial charge in [-0.3, -0.25) is 4.79 Å². The van der Waals surface area contributed by atoms with Gasteiger partial charge < -0.3 is 14.6 Å². The van der Waals surface area contributed by atoms with Gasteiger partial charge in [0.2, 0.25) is 0 Å². The van der Waals surface area contributed by atoms with Gasteiger partial charge in [0.1, 0.15) is 11.2 Å². The lowest BCUT2D eigenvalue weighted by molar-refractivity contribution is 0.589. The van der Waals surface area contributed by atoms with Gasteiger partial charge in [-0.2, -0.15) is 0 Å². The molecule has 146 valence electrons. The van der Waals surface area contributed by atoms with Gasteiger partial charge in [0.25, 0.3) is 0 Å². The Kier molecular flexibility index (Phi) is 4.32. The Morgan fingerprint density at radius 2 is 1.79 bits per heavy atom. The van der Waals surface area contributed by atoms with Crippen LogP contribution in [0, 0.1) is 13.8 Å². The molecule has 0 bridgehead atoms. The van der Waals surface area contributed by atoms with Crippen molar-refractivity contribution in [2.75, 3.05) is 31.1 Å². The molecule has 1 saturated heterocycles. The van der Waals surface area contributed by atoms with E-state index in [4.69, 9.17) is 9.40 Å². The van der Waals surface area contributed by atoms with Crippen LogP contribution >= 0.6 is 0 Å². The molecule has 1 aliphatic carbocycles. The van der Waals surface area contributed by atoms with Crippen molar-refractivity contribution in [3.63, 3.8) is 0 Å². The summed E-state index contributed by atoms with van der Waals surface area (Å²) < 4.78 is 6.25. The second-order valence-corrected chi connectivity index (χ2v) is 7.60. The van der Waals surface area contributed by atoms with Crippen molar-refractivity contribution in [1.29, 1.82) is 0 Å². The zero-order valence-corrected chi connectivity index (χ0v) is 16.7. The van der Waals surface area contributed by atoms with E-state index in [9.17, 15) is 4.79 Å². The number of rotatable bonds is 2. The summed E-state index contributed by atoms with van der Waals surface area (Å²) in [5.41, 5.74) is 6.43. The third-order valence-corrected chi connectivity index (χ3v) is 5.85. The van der Waals surface area contributed by atoms with Gasteiger partial charge in [0, 0.05) is 37.4 Å². The van der Waals surface area contributed by atoms with Crippen LogP contribution in [0.15, 0.2) is 57.7 Å². The highest BCUT2D eigenvalue weighted by Gasteiger charge is 2.24. The van der Waals surface area contributed by atoms with E-state index in [1.54, 1.807) is 0 Å². The second-order valence-electron chi connectivity index (χ2n) is 7.60. The van der Waals surface area contributed by atoms with E-state index in [0.29, 0.717) is 16.9 Å². The Labute approximate surface area is 169 Å². The molecule has 2 heterocycles. The van der Waals surface area contributed by atoms with Crippen LogP contribution in [0.2, 0.25) is 0 Å². The lowest BCUT2D eigenvalue weighted by Gasteiger charge is -2.29. The highest BCUT2D eigenvalue weighted by atomic mass is 16.3. The first-order valence-corrected chi connectivity index (χ1v) is 10.0. The monoisotopic (exact) mass is 385 g/mol. The first kappa shape index (κ1) is 17.9. The second kappa shape index (κ2) is 7.01. The van der Waals surface area contributed by atoms with Crippen molar-refractivity contribution in [1.82, 2.24) is 10.3 Å². The van der Waals surface area contributed by atoms with Gasteiger partial charge in [0.05, 0.1) is 5.56 Å². The first-order chi connectivity index (χ1) is 14.1. The van der Waals surface area contributed by atoms with Crippen molar-refractivity contribution in [3.8, 4) is 22.6 Å². The average molecular weight is 385 g/mol. The van der Waals surface area contributed by atoms with E-state index in [1.807, 2.05) is 50.2 Å². The minimum absolute atomic E-state index is 0.00768. The van der Waals surface area contributed by atoms with E-state index in [2.05, 4.69) is 22.3 Å². The molecular formula is C24H23N3O2. The van der Waals surface area contributed by atoms with Gasteiger partial charge in [0.15, 0.2) is 16.8 Å². The summed E-state index contributed by atoms with van der Waals surface area (Å²) in [5.74, 6) is 0.564. The minimum Gasteiger partial charge on any atom is -0.452 e. The van der Waals surface area contributed by atoms with Gasteiger partial charge >= 0.3 is 0 Å². The molecule has 1 fully saturated rings. The van der Waals surface area contributed by atoms with E-state index in [0.717, 1.165) is 59.8 Å². The Hall–Kier alpha value is -3.18. The normalized spacial score (nSPS) is 14.6. The first-order valence-electron chi connectivity index (χ1n) is 10.0. The number of fused-ring (bicyclic) bond motifs is 2. The van der Waals surface area contributed by atoms with Gasteiger partial charge in [-0.1, -0.05) is 24.3 Å². The SMILES string of the molecule is Cc1c2nc3ccccc3oc-2c(-c2cccc(N3CCNCC3)c2)c(=O)c1C. The molecule has 0 aromatic heterocycles. The molecule has 5 rings (SSSR count). The molecule has 2 aromatic rings. The van der Waals surface area contributed by atoms with Crippen molar-refractivity contribution >= 4 is 16.8 Å². The molecule has 3 aliphatic rings. The molecule has 2 aliphatic heterocycles. The lowest BCUT2D eigenvalue weighted by atomic mass is 9.93. The van der Waals surface area contributed by atoms with Crippen LogP contribution in [0.1, 0.15) is 11.1 Å². The molecule has 0 saturated carbocycles. The molecule has 0 spiro atoms. The number of piperazine rings is 1. The van der Waals surface area contributed by atoms with E-state index < -0.39 is 0 Å². The van der Waals surface area contributed by atoms with Crippen molar-refractivity contribution in [3.05, 3.63) is 69.9 Å². The predicted octanol–water partition coefficient (Wildman–Crippen LogP) is 3.99. The molecule has 2 aromatic carbocycles. The summed E-state index contributed by atoms with van der Waals surface area (Å²) in [4.78, 5) is 20.5. The zero-order chi connectivity index (χ0) is 20.0. The Morgan fingerprint density at radius 1 is 1.00 bits per heavy atom. The summed E-state index contributed by atoms with van der Waals surface area (Å²) in [5, 5.41) is 3.38. The highest BCUT2D eigenvalue weighted by Crippen LogP contribution is 2.36. The number of hydrogen-bond acceptors (Lipinski definition) is 5. The van der Waals surface area contributed by atoms with Crippen LogP contribution in [0.25, 0.3) is 33.7 Å². The Morgan fingerprint density at radius 3 is 2.62 bits per heavy atom. The van der Waals surface area contributed by atoms with E-state index >= 15 is 0 Å². The van der Waals surface area contributed by atoms with Crippen LogP contribution in [0.5, 0.6) is 0 Å². The molecule has 0 unspecified atom stereocenters. The third kappa shape index (κ3) is 2.98. The summed E-state index contributed by atoms with van der Waals surface area (Å²) >= 11 is 0. The predicted molar refractivity (Wildman–Crippen MR) is 117 cm³/mol. The molecule has 0 atom stereocenters. The van der Waals surface area contributed by atoms with Crippen molar-refractivity contribution in [2.45, 2.75) is 13.8 Å².